The quantitative estimate of drug-likeness (QED) is 0.654. The van der Waals surface area contributed by atoms with Crippen molar-refractivity contribution >= 4 is 28.9 Å². The van der Waals surface area contributed by atoms with Crippen molar-refractivity contribution in [3.63, 3.8) is 0 Å². The number of ether oxygens (including phenoxy) is 1. The Morgan fingerprint density at radius 3 is 3.03 bits per heavy atom. The molecule has 148 valence electrons. The number of likely N-dealkylation sites (N-methyl/N-ethyl adjacent to an activating group) is 1. The first-order valence-corrected chi connectivity index (χ1v) is 9.22. The van der Waals surface area contributed by atoms with Gasteiger partial charge in [0.2, 0.25) is 5.82 Å². The summed E-state index contributed by atoms with van der Waals surface area (Å²) in [4.78, 5) is 23.1. The SMILES string of the molecule is CN1C(=S)[C@@H](NC(=O)c2ncn(Cc3cccc(F)c3)n2)COc2cccnc21. The molecule has 3 heterocycles. The third kappa shape index (κ3) is 4.06. The van der Waals surface area contributed by atoms with Crippen LogP contribution in [0.2, 0.25) is 0 Å². The summed E-state index contributed by atoms with van der Waals surface area (Å²) in [7, 11) is 1.77. The Bertz CT molecular complexity index is 1070. The standard InChI is InChI=1S/C19H17FN6O2S/c1-25-17-15(6-3-7-21-17)28-10-14(19(25)29)23-18(27)16-22-11-26(24-16)9-12-4-2-5-13(20)8-12/h2-8,11,14H,9-10H2,1H3,(H,23,27)/t14-/m0/s1. The van der Waals surface area contributed by atoms with Crippen LogP contribution in [0.3, 0.4) is 0 Å². The Morgan fingerprint density at radius 1 is 1.34 bits per heavy atom. The number of benzene rings is 1. The van der Waals surface area contributed by atoms with Crippen LogP contribution in [0.15, 0.2) is 48.9 Å². The molecule has 10 heteroatoms. The second-order valence-corrected chi connectivity index (χ2v) is 6.87. The van der Waals surface area contributed by atoms with Gasteiger partial charge in [-0.3, -0.25) is 4.79 Å². The third-order valence-electron chi connectivity index (χ3n) is 4.38. The summed E-state index contributed by atoms with van der Waals surface area (Å²) in [5.41, 5.74) is 0.715. The predicted molar refractivity (Wildman–Crippen MR) is 108 cm³/mol. The van der Waals surface area contributed by atoms with Gasteiger partial charge in [0, 0.05) is 13.2 Å². The van der Waals surface area contributed by atoms with E-state index >= 15 is 0 Å². The number of thiocarbonyl (C=S) groups is 1. The Balaban J connectivity index is 1.44. The van der Waals surface area contributed by atoms with Crippen molar-refractivity contribution in [3.8, 4) is 5.75 Å². The summed E-state index contributed by atoms with van der Waals surface area (Å²) in [6, 6.07) is 9.17. The number of anilines is 1. The van der Waals surface area contributed by atoms with Crippen LogP contribution in [0.25, 0.3) is 0 Å². The molecule has 0 radical (unpaired) electrons. The highest BCUT2D eigenvalue weighted by Gasteiger charge is 2.29. The first-order valence-electron chi connectivity index (χ1n) is 8.81. The van der Waals surface area contributed by atoms with Gasteiger partial charge in [-0.1, -0.05) is 24.4 Å². The number of carbonyl (C=O) groups is 1. The molecule has 1 atom stereocenters. The molecule has 1 aliphatic heterocycles. The molecule has 0 fully saturated rings. The number of halogens is 1. The lowest BCUT2D eigenvalue weighted by atomic mass is 10.2. The van der Waals surface area contributed by atoms with E-state index < -0.39 is 11.9 Å². The van der Waals surface area contributed by atoms with Gasteiger partial charge >= 0.3 is 0 Å². The minimum absolute atomic E-state index is 0.00765. The number of fused-ring (bicyclic) bond motifs is 1. The molecular weight excluding hydrogens is 395 g/mol. The number of nitrogens with zero attached hydrogens (tertiary/aromatic N) is 5. The molecule has 8 nitrogen and oxygen atoms in total. The first-order chi connectivity index (χ1) is 14.0. The van der Waals surface area contributed by atoms with Crippen molar-refractivity contribution < 1.29 is 13.9 Å². The lowest BCUT2D eigenvalue weighted by Crippen LogP contribution is -2.48. The maximum absolute atomic E-state index is 13.3. The van der Waals surface area contributed by atoms with E-state index in [-0.39, 0.29) is 18.2 Å². The molecule has 0 spiro atoms. The summed E-state index contributed by atoms with van der Waals surface area (Å²) in [5.74, 6) is 0.360. The molecule has 1 aliphatic rings. The number of carbonyl (C=O) groups excluding carboxylic acids is 1. The van der Waals surface area contributed by atoms with E-state index in [1.54, 1.807) is 42.4 Å². The van der Waals surface area contributed by atoms with Crippen molar-refractivity contribution in [1.29, 1.82) is 0 Å². The van der Waals surface area contributed by atoms with Crippen LogP contribution in [0.1, 0.15) is 16.2 Å². The van der Waals surface area contributed by atoms with Crippen molar-refractivity contribution in [3.05, 3.63) is 66.1 Å². The van der Waals surface area contributed by atoms with Crippen LogP contribution in [0, 0.1) is 5.82 Å². The second-order valence-electron chi connectivity index (χ2n) is 6.46. The predicted octanol–water partition coefficient (Wildman–Crippen LogP) is 1.82. The van der Waals surface area contributed by atoms with Crippen LogP contribution in [-0.2, 0) is 6.54 Å². The lowest BCUT2D eigenvalue weighted by Gasteiger charge is -2.22. The highest BCUT2D eigenvalue weighted by Crippen LogP contribution is 2.27. The van der Waals surface area contributed by atoms with Gasteiger partial charge < -0.3 is 15.0 Å². The number of rotatable bonds is 4. The Labute approximate surface area is 171 Å². The van der Waals surface area contributed by atoms with Gasteiger partial charge in [-0.15, -0.1) is 5.10 Å². The smallest absolute Gasteiger partial charge is 0.291 e. The Hall–Kier alpha value is -3.40. The monoisotopic (exact) mass is 412 g/mol. The van der Waals surface area contributed by atoms with Gasteiger partial charge in [0.1, 0.15) is 29.8 Å². The van der Waals surface area contributed by atoms with E-state index in [0.717, 1.165) is 0 Å². The van der Waals surface area contributed by atoms with E-state index in [1.807, 2.05) is 0 Å². The summed E-state index contributed by atoms with van der Waals surface area (Å²) in [5, 5.41) is 6.97. The summed E-state index contributed by atoms with van der Waals surface area (Å²) in [6.07, 6.45) is 3.07. The molecule has 0 unspecified atom stereocenters. The van der Waals surface area contributed by atoms with Crippen LogP contribution in [0.4, 0.5) is 10.2 Å². The number of hydrogen-bond donors (Lipinski definition) is 1. The summed E-state index contributed by atoms with van der Waals surface area (Å²) >= 11 is 5.49. The van der Waals surface area contributed by atoms with Gasteiger partial charge in [-0.25, -0.2) is 19.0 Å². The molecule has 29 heavy (non-hydrogen) atoms. The molecule has 3 aromatic rings. The zero-order chi connectivity index (χ0) is 20.4. The van der Waals surface area contributed by atoms with E-state index in [0.29, 0.717) is 28.7 Å². The molecule has 4 rings (SSSR count). The summed E-state index contributed by atoms with van der Waals surface area (Å²) < 4.78 is 20.5. The fourth-order valence-electron chi connectivity index (χ4n) is 2.95. The minimum Gasteiger partial charge on any atom is -0.487 e. The molecule has 1 aromatic carbocycles. The van der Waals surface area contributed by atoms with Gasteiger partial charge in [0.05, 0.1) is 6.54 Å². The van der Waals surface area contributed by atoms with Gasteiger partial charge in [0.25, 0.3) is 5.91 Å². The highest BCUT2D eigenvalue weighted by atomic mass is 32.1. The van der Waals surface area contributed by atoms with Crippen molar-refractivity contribution in [2.24, 2.45) is 0 Å². The molecule has 2 aromatic heterocycles. The lowest BCUT2D eigenvalue weighted by molar-refractivity contribution is 0.0927. The van der Waals surface area contributed by atoms with E-state index in [9.17, 15) is 9.18 Å². The maximum atomic E-state index is 13.3. The van der Waals surface area contributed by atoms with Gasteiger partial charge in [-0.05, 0) is 29.8 Å². The number of pyridine rings is 1. The number of hydrogen-bond acceptors (Lipinski definition) is 6. The van der Waals surface area contributed by atoms with Crippen LogP contribution in [0.5, 0.6) is 5.75 Å². The van der Waals surface area contributed by atoms with Crippen molar-refractivity contribution in [2.75, 3.05) is 18.6 Å². The Morgan fingerprint density at radius 2 is 2.21 bits per heavy atom. The van der Waals surface area contributed by atoms with Crippen LogP contribution < -0.4 is 15.0 Å². The number of aromatic nitrogens is 4. The highest BCUT2D eigenvalue weighted by molar-refractivity contribution is 7.80. The molecule has 0 aliphatic carbocycles. The third-order valence-corrected chi connectivity index (χ3v) is 4.94. The van der Waals surface area contributed by atoms with Gasteiger partial charge in [0.15, 0.2) is 11.6 Å². The largest absolute Gasteiger partial charge is 0.487 e. The van der Waals surface area contributed by atoms with Crippen LogP contribution in [-0.4, -0.2) is 50.3 Å². The first kappa shape index (κ1) is 18.9. The minimum atomic E-state index is -0.549. The average Bonchev–Trinajstić information content (AvgIpc) is 3.14. The zero-order valence-corrected chi connectivity index (χ0v) is 16.3. The van der Waals surface area contributed by atoms with Crippen LogP contribution >= 0.6 is 12.2 Å². The fraction of sp³-hybridized carbons (Fsp3) is 0.211. The molecule has 0 saturated heterocycles. The fourth-order valence-corrected chi connectivity index (χ4v) is 3.17. The van der Waals surface area contributed by atoms with E-state index in [4.69, 9.17) is 17.0 Å². The number of nitrogens with one attached hydrogen (secondary N) is 1. The molecule has 1 amide bonds. The second kappa shape index (κ2) is 7.92. The molecule has 0 bridgehead atoms. The normalized spacial score (nSPS) is 16.0. The summed E-state index contributed by atoms with van der Waals surface area (Å²) in [6.45, 7) is 0.463. The number of amides is 1. The Kier molecular flexibility index (Phi) is 5.17. The van der Waals surface area contributed by atoms with Crippen molar-refractivity contribution in [1.82, 2.24) is 25.1 Å². The van der Waals surface area contributed by atoms with E-state index in [2.05, 4.69) is 20.4 Å². The molecule has 1 N–H and O–H groups in total. The topological polar surface area (TPSA) is 85.2 Å². The van der Waals surface area contributed by atoms with Gasteiger partial charge in [-0.2, -0.15) is 0 Å². The van der Waals surface area contributed by atoms with E-state index in [1.165, 1.54) is 23.1 Å². The molecule has 0 saturated carbocycles. The van der Waals surface area contributed by atoms with Crippen molar-refractivity contribution in [2.45, 2.75) is 12.6 Å². The average molecular weight is 412 g/mol. The maximum Gasteiger partial charge on any atom is 0.291 e. The molecular formula is C19H17FN6O2S. The zero-order valence-electron chi connectivity index (χ0n) is 15.4.